The van der Waals surface area contributed by atoms with Gasteiger partial charge in [0.15, 0.2) is 0 Å². The zero-order valence-corrected chi connectivity index (χ0v) is 14.0. The second kappa shape index (κ2) is 5.45. The van der Waals surface area contributed by atoms with Crippen LogP contribution in [0.2, 0.25) is 0 Å². The lowest BCUT2D eigenvalue weighted by Crippen LogP contribution is -2.59. The summed E-state index contributed by atoms with van der Waals surface area (Å²) < 4.78 is 5.40. The van der Waals surface area contributed by atoms with Crippen LogP contribution in [-0.4, -0.2) is 28.1 Å². The molecule has 0 aliphatic heterocycles. The highest BCUT2D eigenvalue weighted by atomic mass is 16.6. The third-order valence-electron chi connectivity index (χ3n) is 4.96. The van der Waals surface area contributed by atoms with Crippen molar-refractivity contribution in [2.45, 2.75) is 63.6 Å². The number of carbonyl (C=O) groups is 2. The molecule has 3 rings (SSSR count). The van der Waals surface area contributed by atoms with Crippen molar-refractivity contribution < 1.29 is 19.4 Å². The summed E-state index contributed by atoms with van der Waals surface area (Å²) >= 11 is 0. The largest absolute Gasteiger partial charge is 0.457 e. The fraction of sp³-hybridized carbons (Fsp3) is 0.579. The Morgan fingerprint density at radius 2 is 1.87 bits per heavy atom. The number of carbonyl (C=O) groups excluding carboxylic acids is 2. The lowest BCUT2D eigenvalue weighted by atomic mass is 9.60. The highest BCUT2D eigenvalue weighted by Gasteiger charge is 2.59. The van der Waals surface area contributed by atoms with Crippen LogP contribution in [0.4, 0.5) is 0 Å². The van der Waals surface area contributed by atoms with Crippen LogP contribution in [0.3, 0.4) is 0 Å². The van der Waals surface area contributed by atoms with Crippen molar-refractivity contribution >= 4 is 11.8 Å². The second-order valence-electron chi connectivity index (χ2n) is 7.68. The van der Waals surface area contributed by atoms with Gasteiger partial charge in [-0.05, 0) is 45.1 Å². The Hall–Kier alpha value is -1.68. The van der Waals surface area contributed by atoms with Crippen molar-refractivity contribution in [2.24, 2.45) is 5.92 Å². The summed E-state index contributed by atoms with van der Waals surface area (Å²) in [6, 6.07) is 7.34. The Morgan fingerprint density at radius 3 is 2.57 bits per heavy atom. The summed E-state index contributed by atoms with van der Waals surface area (Å²) in [5, 5.41) is 11.2. The molecule has 2 aliphatic carbocycles. The summed E-state index contributed by atoms with van der Waals surface area (Å²) in [5.41, 5.74) is -1.37. The van der Waals surface area contributed by atoms with Gasteiger partial charge in [0.25, 0.3) is 0 Å². The molecule has 0 unspecified atom stereocenters. The minimum Gasteiger partial charge on any atom is -0.457 e. The molecule has 4 nitrogen and oxygen atoms in total. The van der Waals surface area contributed by atoms with Crippen molar-refractivity contribution in [3.63, 3.8) is 0 Å². The van der Waals surface area contributed by atoms with Crippen LogP contribution in [0, 0.1) is 5.92 Å². The molecule has 0 saturated heterocycles. The van der Waals surface area contributed by atoms with Crippen molar-refractivity contribution in [1.82, 2.24) is 0 Å². The topological polar surface area (TPSA) is 63.6 Å². The van der Waals surface area contributed by atoms with Crippen LogP contribution in [0.5, 0.6) is 0 Å². The second-order valence-corrected chi connectivity index (χ2v) is 7.68. The predicted molar refractivity (Wildman–Crippen MR) is 86.3 cm³/mol. The van der Waals surface area contributed by atoms with Gasteiger partial charge in [0.2, 0.25) is 11.4 Å². The molecule has 1 N–H and O–H groups in total. The van der Waals surface area contributed by atoms with E-state index in [2.05, 4.69) is 0 Å². The van der Waals surface area contributed by atoms with E-state index in [1.54, 1.807) is 32.9 Å². The number of ether oxygens (including phenoxy) is 1. The van der Waals surface area contributed by atoms with Gasteiger partial charge >= 0.3 is 5.97 Å². The lowest BCUT2D eigenvalue weighted by molar-refractivity contribution is -0.179. The quantitative estimate of drug-likeness (QED) is 0.638. The minimum atomic E-state index is -2.06. The van der Waals surface area contributed by atoms with Gasteiger partial charge in [0.05, 0.1) is 0 Å². The first-order valence-corrected chi connectivity index (χ1v) is 8.34. The molecular formula is C19H24O4. The van der Waals surface area contributed by atoms with Crippen LogP contribution < -0.4 is 0 Å². The standard InChI is InChI=1S/C19H24O4/c1-18(2,3)23-17(21)19(22)15-11-7-6-9-13(15)12-8-4-5-10-14(12)16(19)20/h4-5,8,10,13,15,22H,6-7,9,11H2,1-3H3/t13-,15-,19+/m1/s1. The highest BCUT2D eigenvalue weighted by Crippen LogP contribution is 2.50. The molecule has 2 aliphatic rings. The molecule has 4 heteroatoms. The van der Waals surface area contributed by atoms with Gasteiger partial charge in [-0.1, -0.05) is 37.1 Å². The van der Waals surface area contributed by atoms with E-state index < -0.39 is 28.9 Å². The van der Waals surface area contributed by atoms with E-state index in [0.717, 1.165) is 24.8 Å². The number of Topliss-reactive ketones (excluding diaryl/α,β-unsaturated/α-hetero) is 1. The Kier molecular flexibility index (Phi) is 3.83. The van der Waals surface area contributed by atoms with Crippen LogP contribution in [-0.2, 0) is 9.53 Å². The average Bonchev–Trinajstić information content (AvgIpc) is 2.51. The monoisotopic (exact) mass is 316 g/mol. The number of ketones is 1. The molecule has 0 radical (unpaired) electrons. The highest BCUT2D eigenvalue weighted by molar-refractivity contribution is 6.17. The van der Waals surface area contributed by atoms with Crippen LogP contribution in [0.25, 0.3) is 0 Å². The first kappa shape index (κ1) is 16.2. The normalized spacial score (nSPS) is 30.3. The average molecular weight is 316 g/mol. The number of esters is 1. The van der Waals surface area contributed by atoms with E-state index in [1.807, 2.05) is 12.1 Å². The molecule has 0 spiro atoms. The number of benzene rings is 1. The Labute approximate surface area is 136 Å². The molecule has 0 amide bonds. The van der Waals surface area contributed by atoms with Crippen molar-refractivity contribution in [1.29, 1.82) is 0 Å². The number of hydrogen-bond acceptors (Lipinski definition) is 4. The minimum absolute atomic E-state index is 0.0372. The van der Waals surface area contributed by atoms with E-state index in [-0.39, 0.29) is 5.92 Å². The number of hydrogen-bond donors (Lipinski definition) is 1. The van der Waals surface area contributed by atoms with Gasteiger partial charge in [-0.25, -0.2) is 4.79 Å². The molecule has 0 bridgehead atoms. The maximum Gasteiger partial charge on any atom is 0.347 e. The fourth-order valence-electron chi connectivity index (χ4n) is 4.00. The van der Waals surface area contributed by atoms with Crippen molar-refractivity contribution in [2.75, 3.05) is 0 Å². The van der Waals surface area contributed by atoms with E-state index in [1.165, 1.54) is 0 Å². The number of fused-ring (bicyclic) bond motifs is 3. The summed E-state index contributed by atoms with van der Waals surface area (Å²) in [5.74, 6) is -1.67. The van der Waals surface area contributed by atoms with Gasteiger partial charge in [0, 0.05) is 11.5 Å². The molecule has 124 valence electrons. The van der Waals surface area contributed by atoms with Crippen LogP contribution in [0.15, 0.2) is 24.3 Å². The zero-order chi connectivity index (χ0) is 16.8. The summed E-state index contributed by atoms with van der Waals surface area (Å²) in [4.78, 5) is 25.7. The lowest BCUT2D eigenvalue weighted by Gasteiger charge is -2.45. The predicted octanol–water partition coefficient (Wildman–Crippen LogP) is 3.23. The summed E-state index contributed by atoms with van der Waals surface area (Å²) in [6.07, 6.45) is 3.52. The maximum absolute atomic E-state index is 13.0. The summed E-state index contributed by atoms with van der Waals surface area (Å²) in [6.45, 7) is 5.23. The van der Waals surface area contributed by atoms with Crippen molar-refractivity contribution in [3.8, 4) is 0 Å². The smallest absolute Gasteiger partial charge is 0.347 e. The molecule has 0 aromatic heterocycles. The van der Waals surface area contributed by atoms with E-state index in [0.29, 0.717) is 12.0 Å². The van der Waals surface area contributed by atoms with Gasteiger partial charge < -0.3 is 9.84 Å². The molecule has 23 heavy (non-hydrogen) atoms. The first-order valence-electron chi connectivity index (χ1n) is 8.34. The van der Waals surface area contributed by atoms with Crippen LogP contribution >= 0.6 is 0 Å². The third kappa shape index (κ3) is 2.59. The van der Waals surface area contributed by atoms with Crippen molar-refractivity contribution in [3.05, 3.63) is 35.4 Å². The molecule has 1 aromatic carbocycles. The molecule has 1 saturated carbocycles. The van der Waals surface area contributed by atoms with Gasteiger partial charge in [-0.3, -0.25) is 4.79 Å². The summed E-state index contributed by atoms with van der Waals surface area (Å²) in [7, 11) is 0. The number of aliphatic hydroxyl groups is 1. The Morgan fingerprint density at radius 1 is 1.22 bits per heavy atom. The first-order chi connectivity index (χ1) is 10.7. The Bertz CT molecular complexity index is 643. The zero-order valence-electron chi connectivity index (χ0n) is 14.0. The van der Waals surface area contributed by atoms with E-state index in [4.69, 9.17) is 4.74 Å². The molecule has 3 atom stereocenters. The van der Waals surface area contributed by atoms with E-state index in [9.17, 15) is 14.7 Å². The van der Waals surface area contributed by atoms with Gasteiger partial charge in [0.1, 0.15) is 5.60 Å². The van der Waals surface area contributed by atoms with Gasteiger partial charge in [-0.2, -0.15) is 0 Å². The Balaban J connectivity index is 2.09. The SMILES string of the molecule is CC(C)(C)OC(=O)[C@@]1(O)C(=O)c2ccccc2[C@H]2CCCC[C@H]21. The fourth-order valence-corrected chi connectivity index (χ4v) is 4.00. The van der Waals surface area contributed by atoms with Gasteiger partial charge in [-0.15, -0.1) is 0 Å². The maximum atomic E-state index is 13.0. The molecule has 1 fully saturated rings. The molecule has 1 aromatic rings. The third-order valence-corrected chi connectivity index (χ3v) is 4.96. The van der Waals surface area contributed by atoms with Crippen LogP contribution in [0.1, 0.15) is 68.3 Å². The van der Waals surface area contributed by atoms with E-state index >= 15 is 0 Å². The molecular weight excluding hydrogens is 292 g/mol. The number of rotatable bonds is 1. The molecule has 0 heterocycles.